The SMILES string of the molecule is COc1ccc2c3c1O[C@H]1C(OC(=O)[C@@H](OC(=O)CCNC(=O)C(C)O)c4ccccc4)=CC[C@@]4(O)[C@@H](C2)N(C)CC[C@]314. The van der Waals surface area contributed by atoms with Crippen LogP contribution in [-0.2, 0) is 35.7 Å². The summed E-state index contributed by atoms with van der Waals surface area (Å²) in [5.41, 5.74) is 0.387. The van der Waals surface area contributed by atoms with Crippen molar-refractivity contribution in [2.75, 3.05) is 27.2 Å². The highest BCUT2D eigenvalue weighted by Gasteiger charge is 2.72. The summed E-state index contributed by atoms with van der Waals surface area (Å²) in [5.74, 6) is -0.802. The summed E-state index contributed by atoms with van der Waals surface area (Å²) in [5, 5.41) is 24.2. The molecule has 2 aliphatic carbocycles. The molecular weight excluding hydrogens is 556 g/mol. The first-order chi connectivity index (χ1) is 20.6. The number of carbonyl (C=O) groups is 3. The van der Waals surface area contributed by atoms with Crippen LogP contribution in [0.5, 0.6) is 11.5 Å². The summed E-state index contributed by atoms with van der Waals surface area (Å²) >= 11 is 0. The van der Waals surface area contributed by atoms with Gasteiger partial charge in [-0.3, -0.25) is 9.59 Å². The van der Waals surface area contributed by atoms with E-state index < -0.39 is 47.2 Å². The second-order valence-corrected chi connectivity index (χ2v) is 11.7. The third-order valence-corrected chi connectivity index (χ3v) is 9.35. The van der Waals surface area contributed by atoms with Crippen LogP contribution < -0.4 is 14.8 Å². The number of likely N-dealkylation sites (N-methyl/N-ethyl adjacent to an activating group) is 1. The Labute approximate surface area is 249 Å². The number of carbonyl (C=O) groups excluding carboxylic acids is 3. The van der Waals surface area contributed by atoms with Gasteiger partial charge in [0.05, 0.1) is 24.5 Å². The lowest BCUT2D eigenvalue weighted by Crippen LogP contribution is -2.74. The number of ether oxygens (including phenoxy) is 4. The number of methoxy groups -OCH3 is 1. The van der Waals surface area contributed by atoms with Crippen LogP contribution in [0.2, 0.25) is 0 Å². The van der Waals surface area contributed by atoms with Crippen LogP contribution in [0.4, 0.5) is 0 Å². The molecule has 1 amide bonds. The number of aliphatic hydroxyl groups is 2. The number of likely N-dealkylation sites (tertiary alicyclic amines) is 1. The fraction of sp³-hybridized carbons (Fsp3) is 0.469. The Hall–Kier alpha value is -3.93. The van der Waals surface area contributed by atoms with Crippen molar-refractivity contribution in [3.63, 3.8) is 0 Å². The Morgan fingerprint density at radius 1 is 1.19 bits per heavy atom. The number of amides is 1. The quantitative estimate of drug-likeness (QED) is 0.368. The standard InChI is InChI=1S/C32H36N2O9/c1-18(35)29(37)33-15-12-24(36)42-26(19-7-5-4-6-8-19)30(38)41-22-11-13-32(39)23-17-20-9-10-21(40-3)27-25(20)31(32,28(22)43-27)14-16-34(23)2/h4-11,18,23,26,28,35,39H,12-17H2,1-3H3,(H,33,37)/t18?,23-,26+,28+,31+,32-/m1/s1. The highest BCUT2D eigenvalue weighted by atomic mass is 16.6. The largest absolute Gasteiger partial charge is 0.493 e. The molecule has 1 saturated heterocycles. The molecule has 6 atom stereocenters. The smallest absolute Gasteiger partial charge is 0.357 e. The van der Waals surface area contributed by atoms with Gasteiger partial charge < -0.3 is 39.4 Å². The maximum atomic E-state index is 13.8. The zero-order valence-electron chi connectivity index (χ0n) is 24.4. The fourth-order valence-electron chi connectivity index (χ4n) is 7.26. The van der Waals surface area contributed by atoms with E-state index in [0.29, 0.717) is 29.9 Å². The van der Waals surface area contributed by atoms with Gasteiger partial charge in [0.2, 0.25) is 12.0 Å². The van der Waals surface area contributed by atoms with Crippen molar-refractivity contribution in [2.24, 2.45) is 0 Å². The Bertz CT molecular complexity index is 1470. The van der Waals surface area contributed by atoms with Gasteiger partial charge in [-0.2, -0.15) is 0 Å². The van der Waals surface area contributed by atoms with Crippen LogP contribution >= 0.6 is 0 Å². The summed E-state index contributed by atoms with van der Waals surface area (Å²) < 4.78 is 23.8. The molecule has 0 radical (unpaired) electrons. The highest BCUT2D eigenvalue weighted by Crippen LogP contribution is 2.65. The fourth-order valence-corrected chi connectivity index (χ4v) is 7.26. The lowest BCUT2D eigenvalue weighted by Gasteiger charge is -2.61. The van der Waals surface area contributed by atoms with E-state index in [2.05, 4.69) is 10.2 Å². The average molecular weight is 593 g/mol. The normalized spacial score (nSPS) is 28.0. The summed E-state index contributed by atoms with van der Waals surface area (Å²) in [6.45, 7) is 1.97. The Kier molecular flexibility index (Phi) is 7.44. The van der Waals surface area contributed by atoms with Gasteiger partial charge in [0.1, 0.15) is 11.9 Å². The van der Waals surface area contributed by atoms with E-state index in [0.717, 1.165) is 17.7 Å². The van der Waals surface area contributed by atoms with E-state index >= 15 is 0 Å². The molecule has 1 unspecified atom stereocenters. The number of nitrogens with one attached hydrogen (secondary N) is 1. The molecule has 2 aliphatic heterocycles. The predicted molar refractivity (Wildman–Crippen MR) is 152 cm³/mol. The van der Waals surface area contributed by atoms with Crippen molar-refractivity contribution < 1.29 is 43.5 Å². The number of benzene rings is 2. The minimum absolute atomic E-state index is 0.0701. The van der Waals surface area contributed by atoms with Crippen molar-refractivity contribution in [3.05, 3.63) is 71.0 Å². The molecule has 228 valence electrons. The van der Waals surface area contributed by atoms with Gasteiger partial charge in [-0.05, 0) is 51.1 Å². The van der Waals surface area contributed by atoms with Crippen LogP contribution in [0.15, 0.2) is 54.3 Å². The molecule has 1 spiro atoms. The van der Waals surface area contributed by atoms with Crippen LogP contribution in [0, 0.1) is 0 Å². The lowest BCUT2D eigenvalue weighted by molar-refractivity contribution is -0.176. The van der Waals surface area contributed by atoms with Gasteiger partial charge in [0, 0.05) is 30.1 Å². The summed E-state index contributed by atoms with van der Waals surface area (Å²) in [4.78, 5) is 40.3. The van der Waals surface area contributed by atoms with Crippen molar-refractivity contribution >= 4 is 17.8 Å². The molecule has 2 aromatic carbocycles. The molecule has 4 aliphatic rings. The zero-order valence-corrected chi connectivity index (χ0v) is 24.4. The monoisotopic (exact) mass is 592 g/mol. The molecule has 2 aromatic rings. The van der Waals surface area contributed by atoms with E-state index in [1.165, 1.54) is 6.92 Å². The second kappa shape index (κ2) is 11.0. The van der Waals surface area contributed by atoms with E-state index in [-0.39, 0.29) is 31.2 Å². The van der Waals surface area contributed by atoms with Gasteiger partial charge in [-0.15, -0.1) is 0 Å². The van der Waals surface area contributed by atoms with Gasteiger partial charge in [0.15, 0.2) is 17.6 Å². The molecular formula is C32H36N2O9. The lowest BCUT2D eigenvalue weighted by atomic mass is 9.50. The van der Waals surface area contributed by atoms with Gasteiger partial charge in [-0.1, -0.05) is 36.4 Å². The van der Waals surface area contributed by atoms with E-state index in [1.807, 2.05) is 19.2 Å². The van der Waals surface area contributed by atoms with Crippen LogP contribution in [0.3, 0.4) is 0 Å². The topological polar surface area (TPSA) is 144 Å². The van der Waals surface area contributed by atoms with Crippen LogP contribution in [-0.4, -0.2) is 84.1 Å². The molecule has 1 fully saturated rings. The van der Waals surface area contributed by atoms with Gasteiger partial charge in [0.25, 0.3) is 0 Å². The zero-order chi connectivity index (χ0) is 30.5. The minimum Gasteiger partial charge on any atom is -0.493 e. The Morgan fingerprint density at radius 2 is 1.95 bits per heavy atom. The average Bonchev–Trinajstić information content (AvgIpc) is 3.35. The summed E-state index contributed by atoms with van der Waals surface area (Å²) in [7, 11) is 3.59. The third kappa shape index (κ3) is 4.57. The predicted octanol–water partition coefficient (Wildman–Crippen LogP) is 1.69. The molecule has 0 aromatic heterocycles. The molecule has 2 heterocycles. The number of aliphatic hydroxyl groups excluding tert-OH is 1. The van der Waals surface area contributed by atoms with E-state index in [9.17, 15) is 24.6 Å². The molecule has 3 N–H and O–H groups in total. The second-order valence-electron chi connectivity index (χ2n) is 11.7. The highest BCUT2D eigenvalue weighted by molar-refractivity contribution is 5.83. The maximum Gasteiger partial charge on any atom is 0.357 e. The third-order valence-electron chi connectivity index (χ3n) is 9.35. The molecule has 2 bridgehead atoms. The number of piperidine rings is 1. The molecule has 0 saturated carbocycles. The van der Waals surface area contributed by atoms with Crippen molar-refractivity contribution in [3.8, 4) is 11.5 Å². The first-order valence-corrected chi connectivity index (χ1v) is 14.5. The molecule has 11 nitrogen and oxygen atoms in total. The number of hydrogen-bond acceptors (Lipinski definition) is 10. The molecule has 6 rings (SSSR count). The van der Waals surface area contributed by atoms with Crippen molar-refractivity contribution in [1.82, 2.24) is 10.2 Å². The minimum atomic E-state index is -1.38. The number of hydrogen-bond donors (Lipinski definition) is 3. The molecule has 11 heteroatoms. The first-order valence-electron chi connectivity index (χ1n) is 14.5. The number of rotatable bonds is 9. The van der Waals surface area contributed by atoms with E-state index in [4.69, 9.17) is 18.9 Å². The number of esters is 2. The number of nitrogens with zero attached hydrogens (tertiary/aromatic N) is 1. The Morgan fingerprint density at radius 3 is 2.67 bits per heavy atom. The molecule has 43 heavy (non-hydrogen) atoms. The summed E-state index contributed by atoms with van der Waals surface area (Å²) in [6.07, 6.45) is -0.404. The van der Waals surface area contributed by atoms with E-state index in [1.54, 1.807) is 43.5 Å². The Balaban J connectivity index is 1.29. The van der Waals surface area contributed by atoms with Gasteiger partial charge >= 0.3 is 11.9 Å². The summed E-state index contributed by atoms with van der Waals surface area (Å²) in [6, 6.07) is 12.3. The van der Waals surface area contributed by atoms with Crippen molar-refractivity contribution in [2.45, 2.75) is 68.0 Å². The van der Waals surface area contributed by atoms with Crippen LogP contribution in [0.1, 0.15) is 49.0 Å². The first kappa shape index (κ1) is 29.2. The van der Waals surface area contributed by atoms with Crippen LogP contribution in [0.25, 0.3) is 0 Å². The van der Waals surface area contributed by atoms with Gasteiger partial charge in [-0.25, -0.2) is 4.79 Å². The maximum absolute atomic E-state index is 13.8. The van der Waals surface area contributed by atoms with Crippen molar-refractivity contribution in [1.29, 1.82) is 0 Å².